The maximum Gasteiger partial charge on any atom is 0.0914 e. The van der Waals surface area contributed by atoms with Crippen molar-refractivity contribution in [1.82, 2.24) is 0 Å². The third-order valence-corrected chi connectivity index (χ3v) is 5.06. The van der Waals surface area contributed by atoms with E-state index in [-0.39, 0.29) is 5.92 Å². The Morgan fingerprint density at radius 3 is 2.59 bits per heavy atom. The van der Waals surface area contributed by atoms with Crippen LogP contribution in [0.2, 0.25) is 0 Å². The lowest BCUT2D eigenvalue weighted by molar-refractivity contribution is -0.104. The number of hydrogen-bond donors (Lipinski definition) is 2. The van der Waals surface area contributed by atoms with Crippen LogP contribution >= 0.6 is 0 Å². The van der Waals surface area contributed by atoms with Gasteiger partial charge in [-0.2, -0.15) is 0 Å². The van der Waals surface area contributed by atoms with Crippen molar-refractivity contribution in [3.63, 3.8) is 0 Å². The first kappa shape index (κ1) is 13.1. The zero-order chi connectivity index (χ0) is 12.8. The Balaban J connectivity index is 2.36. The molecule has 2 rings (SSSR count). The molecule has 0 unspecified atom stereocenters. The van der Waals surface area contributed by atoms with E-state index in [1.165, 1.54) is 12.0 Å². The van der Waals surface area contributed by atoms with Gasteiger partial charge in [-0.25, -0.2) is 0 Å². The summed E-state index contributed by atoms with van der Waals surface area (Å²) >= 11 is 0. The molecule has 0 aromatic heterocycles. The van der Waals surface area contributed by atoms with Crippen LogP contribution < -0.4 is 0 Å². The van der Waals surface area contributed by atoms with Crippen LogP contribution in [0.25, 0.3) is 0 Å². The molecule has 0 spiro atoms. The molecule has 1 fully saturated rings. The van der Waals surface area contributed by atoms with Crippen molar-refractivity contribution < 1.29 is 10.2 Å². The van der Waals surface area contributed by atoms with Gasteiger partial charge in [-0.1, -0.05) is 32.4 Å². The molecule has 0 aromatic carbocycles. The highest BCUT2D eigenvalue weighted by Crippen LogP contribution is 2.48. The summed E-state index contributed by atoms with van der Waals surface area (Å²) in [6.07, 6.45) is 4.58. The van der Waals surface area contributed by atoms with Gasteiger partial charge in [0.2, 0.25) is 0 Å². The first-order chi connectivity index (χ1) is 7.84. The third-order valence-electron chi connectivity index (χ3n) is 5.06. The number of aliphatic hydroxyl groups is 2. The molecule has 0 bridgehead atoms. The van der Waals surface area contributed by atoms with Gasteiger partial charge in [0, 0.05) is 0 Å². The highest BCUT2D eigenvalue weighted by atomic mass is 16.3. The average molecular weight is 238 g/mol. The number of rotatable bonds is 1. The highest BCUT2D eigenvalue weighted by molar-refractivity contribution is 5.18. The Labute approximate surface area is 105 Å². The summed E-state index contributed by atoms with van der Waals surface area (Å²) in [7, 11) is 0. The average Bonchev–Trinajstić information content (AvgIpc) is 2.54. The lowest BCUT2D eigenvalue weighted by Gasteiger charge is -2.36. The first-order valence-electron chi connectivity index (χ1n) is 6.95. The Morgan fingerprint density at radius 1 is 1.35 bits per heavy atom. The molecular formula is C15H26O2. The van der Waals surface area contributed by atoms with E-state index >= 15 is 0 Å². The standard InChI is InChI=1S/C15H26O2/c1-9(2)11-7-12-10(3)5-6-13(12)15(4,17)14(16)8-11/h7,9-10,12-14,16-17H,5-6,8H2,1-4H3/t10-,12-,13-,14-,15-/m1/s1. The van der Waals surface area contributed by atoms with Gasteiger partial charge in [0.1, 0.15) is 0 Å². The lowest BCUT2D eigenvalue weighted by Crippen LogP contribution is -2.46. The van der Waals surface area contributed by atoms with E-state index in [4.69, 9.17) is 0 Å². The van der Waals surface area contributed by atoms with Crippen molar-refractivity contribution in [2.45, 2.75) is 58.7 Å². The smallest absolute Gasteiger partial charge is 0.0914 e. The maximum absolute atomic E-state index is 10.6. The Hall–Kier alpha value is -0.340. The fourth-order valence-electron chi connectivity index (χ4n) is 3.61. The van der Waals surface area contributed by atoms with Crippen molar-refractivity contribution in [2.75, 3.05) is 0 Å². The van der Waals surface area contributed by atoms with Crippen molar-refractivity contribution in [3.8, 4) is 0 Å². The molecule has 1 saturated carbocycles. The second-order valence-corrected chi connectivity index (χ2v) is 6.58. The lowest BCUT2D eigenvalue weighted by atomic mass is 9.77. The van der Waals surface area contributed by atoms with Crippen LogP contribution in [0.3, 0.4) is 0 Å². The minimum absolute atomic E-state index is 0.226. The van der Waals surface area contributed by atoms with E-state index in [2.05, 4.69) is 26.8 Å². The number of aliphatic hydroxyl groups excluding tert-OH is 1. The van der Waals surface area contributed by atoms with E-state index in [9.17, 15) is 10.2 Å². The largest absolute Gasteiger partial charge is 0.390 e. The molecule has 2 aliphatic carbocycles. The van der Waals surface area contributed by atoms with Gasteiger partial charge in [-0.05, 0) is 49.9 Å². The molecule has 5 atom stereocenters. The fraction of sp³-hybridized carbons (Fsp3) is 0.867. The van der Waals surface area contributed by atoms with Crippen LogP contribution in [0.15, 0.2) is 11.6 Å². The molecule has 2 N–H and O–H groups in total. The summed E-state index contributed by atoms with van der Waals surface area (Å²) in [4.78, 5) is 0. The normalized spacial score (nSPS) is 46.6. The summed E-state index contributed by atoms with van der Waals surface area (Å²) in [5.41, 5.74) is 0.391. The molecule has 0 saturated heterocycles. The molecule has 17 heavy (non-hydrogen) atoms. The molecule has 0 amide bonds. The Morgan fingerprint density at radius 2 is 2.00 bits per heavy atom. The van der Waals surface area contributed by atoms with Crippen LogP contribution in [0.1, 0.15) is 47.0 Å². The number of fused-ring (bicyclic) bond motifs is 1. The Bertz CT molecular complexity index is 317. The second-order valence-electron chi connectivity index (χ2n) is 6.58. The zero-order valence-electron chi connectivity index (χ0n) is 11.5. The van der Waals surface area contributed by atoms with E-state index < -0.39 is 11.7 Å². The number of hydrogen-bond acceptors (Lipinski definition) is 2. The van der Waals surface area contributed by atoms with E-state index in [1.807, 2.05) is 6.92 Å². The fourth-order valence-corrected chi connectivity index (χ4v) is 3.61. The van der Waals surface area contributed by atoms with E-state index in [1.54, 1.807) is 0 Å². The molecular weight excluding hydrogens is 212 g/mol. The minimum atomic E-state index is -0.928. The van der Waals surface area contributed by atoms with Crippen molar-refractivity contribution in [1.29, 1.82) is 0 Å². The van der Waals surface area contributed by atoms with Crippen LogP contribution in [0, 0.1) is 23.7 Å². The molecule has 2 heteroatoms. The number of allylic oxidation sites excluding steroid dienone is 1. The summed E-state index contributed by atoms with van der Waals surface area (Å²) in [6, 6.07) is 0. The third kappa shape index (κ3) is 2.17. The minimum Gasteiger partial charge on any atom is -0.390 e. The monoisotopic (exact) mass is 238 g/mol. The van der Waals surface area contributed by atoms with E-state index in [0.717, 1.165) is 6.42 Å². The van der Waals surface area contributed by atoms with Gasteiger partial charge in [0.05, 0.1) is 11.7 Å². The van der Waals surface area contributed by atoms with Gasteiger partial charge < -0.3 is 10.2 Å². The van der Waals surface area contributed by atoms with Gasteiger partial charge >= 0.3 is 0 Å². The van der Waals surface area contributed by atoms with E-state index in [0.29, 0.717) is 24.2 Å². The summed E-state index contributed by atoms with van der Waals surface area (Å²) in [5, 5.41) is 20.9. The Kier molecular flexibility index (Phi) is 3.39. The zero-order valence-corrected chi connectivity index (χ0v) is 11.5. The topological polar surface area (TPSA) is 40.5 Å². The van der Waals surface area contributed by atoms with Crippen molar-refractivity contribution in [3.05, 3.63) is 11.6 Å². The van der Waals surface area contributed by atoms with Crippen LogP contribution in [-0.4, -0.2) is 21.9 Å². The molecule has 98 valence electrons. The molecule has 0 aliphatic heterocycles. The molecule has 2 aliphatic rings. The van der Waals surface area contributed by atoms with Gasteiger partial charge in [-0.3, -0.25) is 0 Å². The predicted molar refractivity (Wildman–Crippen MR) is 69.5 cm³/mol. The van der Waals surface area contributed by atoms with Crippen molar-refractivity contribution in [2.24, 2.45) is 23.7 Å². The highest BCUT2D eigenvalue weighted by Gasteiger charge is 2.48. The second kappa shape index (κ2) is 4.40. The maximum atomic E-state index is 10.6. The summed E-state index contributed by atoms with van der Waals surface area (Å²) in [6.45, 7) is 8.44. The van der Waals surface area contributed by atoms with Gasteiger partial charge in [-0.15, -0.1) is 0 Å². The van der Waals surface area contributed by atoms with Gasteiger partial charge in [0.15, 0.2) is 0 Å². The van der Waals surface area contributed by atoms with Crippen LogP contribution in [0.5, 0.6) is 0 Å². The quantitative estimate of drug-likeness (QED) is 0.690. The molecule has 0 radical (unpaired) electrons. The summed E-state index contributed by atoms with van der Waals surface area (Å²) < 4.78 is 0. The first-order valence-corrected chi connectivity index (χ1v) is 6.95. The SMILES string of the molecule is CC(C)C1=C[C@@H]2[C@H](C)CC[C@H]2[C@@](C)(O)[C@H](O)C1. The predicted octanol–water partition coefficient (Wildman–Crippen LogP) is 2.75. The molecule has 0 aromatic rings. The molecule has 2 nitrogen and oxygen atoms in total. The molecule has 0 heterocycles. The van der Waals surface area contributed by atoms with Crippen molar-refractivity contribution >= 4 is 0 Å². The van der Waals surface area contributed by atoms with Crippen LogP contribution in [-0.2, 0) is 0 Å². The van der Waals surface area contributed by atoms with Gasteiger partial charge in [0.25, 0.3) is 0 Å². The summed E-state index contributed by atoms with van der Waals surface area (Å²) in [5.74, 6) is 1.76. The van der Waals surface area contributed by atoms with Crippen LogP contribution in [0.4, 0.5) is 0 Å².